The maximum Gasteiger partial charge on any atom is 0.417 e. The van der Waals surface area contributed by atoms with Crippen LogP contribution >= 0.6 is 23.2 Å². The quantitative estimate of drug-likeness (QED) is 0.544. The molecule has 0 aliphatic carbocycles. The highest BCUT2D eigenvalue weighted by atomic mass is 35.5. The number of aromatic nitrogens is 4. The van der Waals surface area contributed by atoms with Crippen molar-refractivity contribution in [1.82, 2.24) is 24.1 Å². The van der Waals surface area contributed by atoms with Gasteiger partial charge in [0.15, 0.2) is 10.2 Å². The first-order valence-corrected chi connectivity index (χ1v) is 9.82. The molecule has 0 aromatic carbocycles. The van der Waals surface area contributed by atoms with Gasteiger partial charge in [-0.25, -0.2) is 19.5 Å². The summed E-state index contributed by atoms with van der Waals surface area (Å²) in [5, 5.41) is 0.390. The zero-order valence-electron chi connectivity index (χ0n) is 14.5. The molecule has 0 aliphatic heterocycles. The fourth-order valence-corrected chi connectivity index (χ4v) is 3.98. The van der Waals surface area contributed by atoms with Gasteiger partial charge in [-0.2, -0.15) is 26.6 Å². The number of urea groups is 1. The molecule has 2 amide bonds. The molecule has 0 unspecified atom stereocenters. The average Bonchev–Trinajstić information content (AvgIpc) is 2.95. The van der Waals surface area contributed by atoms with E-state index in [-0.39, 0.29) is 16.7 Å². The summed E-state index contributed by atoms with van der Waals surface area (Å²) >= 11 is 11.5. The summed E-state index contributed by atoms with van der Waals surface area (Å²) in [6.45, 7) is 0. The van der Waals surface area contributed by atoms with E-state index in [0.717, 1.165) is 6.07 Å². The van der Waals surface area contributed by atoms with Crippen molar-refractivity contribution in [3.63, 3.8) is 0 Å². The molecule has 0 bridgehead atoms. The predicted octanol–water partition coefficient (Wildman–Crippen LogP) is 2.97. The van der Waals surface area contributed by atoms with E-state index in [1.807, 2.05) is 5.32 Å². The van der Waals surface area contributed by atoms with Crippen LogP contribution < -0.4 is 14.8 Å². The van der Waals surface area contributed by atoms with E-state index in [2.05, 4.69) is 15.0 Å². The molecule has 160 valence electrons. The van der Waals surface area contributed by atoms with Crippen LogP contribution in [0.25, 0.3) is 5.65 Å². The van der Waals surface area contributed by atoms with Crippen molar-refractivity contribution < 1.29 is 31.1 Å². The second-order valence-electron chi connectivity index (χ2n) is 5.47. The average molecular weight is 485 g/mol. The van der Waals surface area contributed by atoms with Crippen LogP contribution in [0.3, 0.4) is 0 Å². The van der Waals surface area contributed by atoms with E-state index in [1.54, 1.807) is 4.72 Å². The van der Waals surface area contributed by atoms with Gasteiger partial charge in [-0.05, 0) is 12.1 Å². The van der Waals surface area contributed by atoms with Crippen LogP contribution in [-0.4, -0.2) is 40.9 Å². The lowest BCUT2D eigenvalue weighted by Gasteiger charge is -2.10. The number of fused-ring (bicyclic) bond motifs is 1. The Labute approximate surface area is 176 Å². The number of amides is 2. The molecular formula is C14H9Cl2F3N6O4S. The summed E-state index contributed by atoms with van der Waals surface area (Å²) in [6, 6.07) is 1.54. The van der Waals surface area contributed by atoms with Crippen molar-refractivity contribution in [3.05, 3.63) is 40.3 Å². The third-order valence-corrected chi connectivity index (χ3v) is 5.37. The van der Waals surface area contributed by atoms with Gasteiger partial charge in [0.25, 0.3) is 10.0 Å². The lowest BCUT2D eigenvalue weighted by atomic mass is 10.3. The van der Waals surface area contributed by atoms with Gasteiger partial charge in [-0.3, -0.25) is 9.72 Å². The van der Waals surface area contributed by atoms with Crippen LogP contribution in [0.1, 0.15) is 5.56 Å². The molecule has 10 nitrogen and oxygen atoms in total. The molecule has 3 heterocycles. The topological polar surface area (TPSA) is 128 Å². The molecule has 0 aliphatic rings. The van der Waals surface area contributed by atoms with Crippen molar-refractivity contribution in [2.75, 3.05) is 12.4 Å². The van der Waals surface area contributed by atoms with Gasteiger partial charge in [0.1, 0.15) is 10.8 Å². The number of carbonyl (C=O) groups is 1. The van der Waals surface area contributed by atoms with Gasteiger partial charge in [-0.1, -0.05) is 23.2 Å². The lowest BCUT2D eigenvalue weighted by Crippen LogP contribution is -2.35. The van der Waals surface area contributed by atoms with Gasteiger partial charge in [0, 0.05) is 12.3 Å². The van der Waals surface area contributed by atoms with E-state index < -0.39 is 43.9 Å². The molecule has 0 saturated heterocycles. The normalized spacial score (nSPS) is 12.1. The minimum Gasteiger partial charge on any atom is -0.481 e. The summed E-state index contributed by atoms with van der Waals surface area (Å²) in [6.07, 6.45) is -4.26. The van der Waals surface area contributed by atoms with Gasteiger partial charge in [0.2, 0.25) is 11.8 Å². The molecule has 0 saturated carbocycles. The third-order valence-electron chi connectivity index (χ3n) is 3.45. The number of rotatable bonds is 4. The first-order chi connectivity index (χ1) is 13.9. The molecule has 0 spiro atoms. The Morgan fingerprint density at radius 2 is 1.90 bits per heavy atom. The second kappa shape index (κ2) is 7.77. The number of nitrogens with zero attached hydrogens (tertiary/aromatic N) is 4. The van der Waals surface area contributed by atoms with Crippen LogP contribution in [0.15, 0.2) is 29.4 Å². The van der Waals surface area contributed by atoms with Crippen molar-refractivity contribution in [3.8, 4) is 5.88 Å². The third kappa shape index (κ3) is 4.49. The summed E-state index contributed by atoms with van der Waals surface area (Å²) in [5.41, 5.74) is -1.33. The van der Waals surface area contributed by atoms with Crippen LogP contribution in [0.4, 0.5) is 23.9 Å². The zero-order chi connectivity index (χ0) is 22.3. The van der Waals surface area contributed by atoms with Crippen LogP contribution in [0, 0.1) is 0 Å². The Kier molecular flexibility index (Phi) is 5.66. The van der Waals surface area contributed by atoms with Gasteiger partial charge >= 0.3 is 12.2 Å². The van der Waals surface area contributed by atoms with Crippen molar-refractivity contribution in [2.24, 2.45) is 0 Å². The maximum atomic E-state index is 13.0. The lowest BCUT2D eigenvalue weighted by molar-refractivity contribution is -0.137. The van der Waals surface area contributed by atoms with Crippen LogP contribution in [0.2, 0.25) is 10.3 Å². The minimum absolute atomic E-state index is 0.0161. The molecular weight excluding hydrogens is 476 g/mol. The van der Waals surface area contributed by atoms with Crippen molar-refractivity contribution in [1.29, 1.82) is 0 Å². The van der Waals surface area contributed by atoms with E-state index in [1.165, 1.54) is 13.2 Å². The number of methoxy groups -OCH3 is 1. The first-order valence-electron chi connectivity index (χ1n) is 7.58. The number of pyridine rings is 1. The van der Waals surface area contributed by atoms with E-state index in [4.69, 9.17) is 27.9 Å². The smallest absolute Gasteiger partial charge is 0.417 e. The number of sulfonamides is 1. The standard InChI is InChI=1S/C14H9Cl2F3N6O4S/c1-29-9-4-7(15)20-12(22-9)23-13(26)24-30(27,28)11-10(16)21-8-3-2-6(5-25(8)11)14(17,18)19/h2-5H,1H3,(H2,20,22,23,24,26). The molecule has 30 heavy (non-hydrogen) atoms. The Balaban J connectivity index is 1.93. The highest BCUT2D eigenvalue weighted by Gasteiger charge is 2.33. The number of carbonyl (C=O) groups excluding carboxylic acids is 1. The minimum atomic E-state index is -4.76. The highest BCUT2D eigenvalue weighted by molar-refractivity contribution is 7.90. The second-order valence-corrected chi connectivity index (χ2v) is 7.81. The summed E-state index contributed by atoms with van der Waals surface area (Å²) < 4.78 is 71.1. The number of nitrogens with one attached hydrogen (secondary N) is 2. The predicted molar refractivity (Wildman–Crippen MR) is 98.1 cm³/mol. The molecule has 0 fully saturated rings. The number of halogens is 5. The molecule has 3 rings (SSSR count). The summed E-state index contributed by atoms with van der Waals surface area (Å²) in [7, 11) is -3.49. The SMILES string of the molecule is COc1cc(Cl)nc(NC(=O)NS(=O)(=O)c2c(Cl)nc3ccc(C(F)(F)F)cn23)n1. The van der Waals surface area contributed by atoms with Crippen molar-refractivity contribution >= 4 is 50.9 Å². The molecule has 3 aromatic heterocycles. The molecule has 16 heteroatoms. The van der Waals surface area contributed by atoms with E-state index >= 15 is 0 Å². The number of alkyl halides is 3. The summed E-state index contributed by atoms with van der Waals surface area (Å²) in [4.78, 5) is 23.2. The number of imidazole rings is 1. The Hall–Kier alpha value is -2.84. The number of anilines is 1. The van der Waals surface area contributed by atoms with E-state index in [0.29, 0.717) is 16.7 Å². The fraction of sp³-hybridized carbons (Fsp3) is 0.143. The first kappa shape index (κ1) is 21.9. The molecule has 0 atom stereocenters. The monoisotopic (exact) mass is 484 g/mol. The van der Waals surface area contributed by atoms with Gasteiger partial charge in [-0.15, -0.1) is 0 Å². The van der Waals surface area contributed by atoms with Gasteiger partial charge < -0.3 is 4.74 Å². The summed E-state index contributed by atoms with van der Waals surface area (Å²) in [5.74, 6) is -0.409. The fourth-order valence-electron chi connectivity index (χ4n) is 2.26. The number of ether oxygens (including phenoxy) is 1. The Morgan fingerprint density at radius 1 is 1.20 bits per heavy atom. The Bertz CT molecular complexity index is 1250. The van der Waals surface area contributed by atoms with Crippen molar-refractivity contribution in [2.45, 2.75) is 11.2 Å². The van der Waals surface area contributed by atoms with Crippen LogP contribution in [0.5, 0.6) is 5.88 Å². The number of hydrogen-bond donors (Lipinski definition) is 2. The molecule has 3 aromatic rings. The van der Waals surface area contributed by atoms with Gasteiger partial charge in [0.05, 0.1) is 12.7 Å². The maximum absolute atomic E-state index is 13.0. The van der Waals surface area contributed by atoms with E-state index in [9.17, 15) is 26.4 Å². The largest absolute Gasteiger partial charge is 0.481 e. The highest BCUT2D eigenvalue weighted by Crippen LogP contribution is 2.31. The zero-order valence-corrected chi connectivity index (χ0v) is 16.9. The molecule has 0 radical (unpaired) electrons. The number of hydrogen-bond acceptors (Lipinski definition) is 7. The Morgan fingerprint density at radius 3 is 2.53 bits per heavy atom. The molecule has 2 N–H and O–H groups in total. The van der Waals surface area contributed by atoms with Crippen LogP contribution in [-0.2, 0) is 16.2 Å².